The fourth-order valence-electron chi connectivity index (χ4n) is 1.09. The van der Waals surface area contributed by atoms with E-state index in [0.29, 0.717) is 6.42 Å². The molecule has 0 saturated heterocycles. The molecule has 0 aliphatic heterocycles. The van der Waals surface area contributed by atoms with E-state index in [1.807, 2.05) is 24.3 Å². The lowest BCUT2D eigenvalue weighted by Crippen LogP contribution is -2.17. The van der Waals surface area contributed by atoms with Gasteiger partial charge in [-0.25, -0.2) is 8.78 Å². The summed E-state index contributed by atoms with van der Waals surface area (Å²) in [5.74, 6) is 0. The lowest BCUT2D eigenvalue weighted by molar-refractivity contribution is -0.00849. The third-order valence-corrected chi connectivity index (χ3v) is 2.46. The van der Waals surface area contributed by atoms with Crippen molar-refractivity contribution in [3.8, 4) is 0 Å². The molecule has 0 heterocycles. The molecule has 0 amide bonds. The molecule has 0 radical (unpaired) electrons. The Kier molecular flexibility index (Phi) is 4.48. The van der Waals surface area contributed by atoms with Gasteiger partial charge in [-0.15, -0.1) is 0 Å². The Bertz CT molecular complexity index is 274. The van der Waals surface area contributed by atoms with Crippen LogP contribution >= 0.6 is 15.9 Å². The van der Waals surface area contributed by atoms with Crippen molar-refractivity contribution in [3.63, 3.8) is 0 Å². The van der Waals surface area contributed by atoms with Crippen LogP contribution in [-0.4, -0.2) is 17.6 Å². The SMILES string of the molecule is OC(CCc1ccc(Br)cc1)C(F)F. The average Bonchev–Trinajstić information content (AvgIpc) is 2.16. The Balaban J connectivity index is 2.42. The number of halogens is 3. The van der Waals surface area contributed by atoms with Crippen LogP contribution in [0.1, 0.15) is 12.0 Å². The molecule has 78 valence electrons. The van der Waals surface area contributed by atoms with Crippen molar-refractivity contribution in [1.82, 2.24) is 0 Å². The maximum Gasteiger partial charge on any atom is 0.264 e. The molecule has 4 heteroatoms. The molecule has 0 aromatic heterocycles. The van der Waals surface area contributed by atoms with Gasteiger partial charge in [0, 0.05) is 4.47 Å². The first kappa shape index (κ1) is 11.6. The number of hydrogen-bond donors (Lipinski definition) is 1. The molecule has 1 nitrogen and oxygen atoms in total. The fourth-order valence-corrected chi connectivity index (χ4v) is 1.36. The van der Waals surface area contributed by atoms with E-state index < -0.39 is 12.5 Å². The molecule has 0 aliphatic rings. The van der Waals surface area contributed by atoms with Crippen LogP contribution in [0, 0.1) is 0 Å². The number of aryl methyl sites for hydroxylation is 1. The summed E-state index contributed by atoms with van der Waals surface area (Å²) in [5, 5.41) is 8.88. The number of alkyl halides is 2. The van der Waals surface area contributed by atoms with E-state index in [2.05, 4.69) is 15.9 Å². The van der Waals surface area contributed by atoms with Gasteiger partial charge in [0.25, 0.3) is 6.43 Å². The molecule has 0 bridgehead atoms. The van der Waals surface area contributed by atoms with Crippen LogP contribution in [0.4, 0.5) is 8.78 Å². The first-order valence-corrected chi connectivity index (χ1v) is 5.09. The lowest BCUT2D eigenvalue weighted by atomic mass is 10.1. The van der Waals surface area contributed by atoms with Gasteiger partial charge < -0.3 is 5.11 Å². The predicted octanol–water partition coefficient (Wildman–Crippen LogP) is 3.01. The van der Waals surface area contributed by atoms with Crippen molar-refractivity contribution in [3.05, 3.63) is 34.3 Å². The van der Waals surface area contributed by atoms with Gasteiger partial charge in [-0.05, 0) is 30.5 Å². The number of aliphatic hydroxyl groups excluding tert-OH is 1. The van der Waals surface area contributed by atoms with Gasteiger partial charge in [0.2, 0.25) is 0 Å². The monoisotopic (exact) mass is 264 g/mol. The summed E-state index contributed by atoms with van der Waals surface area (Å²) in [5.41, 5.74) is 0.952. The van der Waals surface area contributed by atoms with E-state index in [1.165, 1.54) is 0 Å². The summed E-state index contributed by atoms with van der Waals surface area (Å²) in [6, 6.07) is 7.40. The maximum absolute atomic E-state index is 11.9. The van der Waals surface area contributed by atoms with Gasteiger partial charge in [0.05, 0.1) is 0 Å². The molecule has 0 fully saturated rings. The van der Waals surface area contributed by atoms with Crippen LogP contribution in [0.3, 0.4) is 0 Å². The predicted molar refractivity (Wildman–Crippen MR) is 54.5 cm³/mol. The largest absolute Gasteiger partial charge is 0.387 e. The van der Waals surface area contributed by atoms with Crippen LogP contribution in [0.5, 0.6) is 0 Å². The normalized spacial score (nSPS) is 13.2. The standard InChI is InChI=1S/C10H11BrF2O/c11-8-4-1-7(2-5-8)3-6-9(14)10(12)13/h1-2,4-5,9-10,14H,3,6H2. The highest BCUT2D eigenvalue weighted by atomic mass is 79.9. The van der Waals surface area contributed by atoms with Crippen LogP contribution in [-0.2, 0) is 6.42 Å². The molecular formula is C10H11BrF2O. The minimum Gasteiger partial charge on any atom is -0.387 e. The zero-order valence-electron chi connectivity index (χ0n) is 7.46. The van der Waals surface area contributed by atoms with Gasteiger partial charge in [-0.3, -0.25) is 0 Å². The Labute approximate surface area is 89.9 Å². The topological polar surface area (TPSA) is 20.2 Å². The third-order valence-electron chi connectivity index (χ3n) is 1.93. The van der Waals surface area contributed by atoms with Gasteiger partial charge in [0.15, 0.2) is 0 Å². The van der Waals surface area contributed by atoms with E-state index in [9.17, 15) is 8.78 Å². The summed E-state index contributed by atoms with van der Waals surface area (Å²) in [6.45, 7) is 0. The number of rotatable bonds is 4. The maximum atomic E-state index is 11.9. The van der Waals surface area contributed by atoms with Crippen molar-refractivity contribution >= 4 is 15.9 Å². The van der Waals surface area contributed by atoms with Crippen LogP contribution in [0.15, 0.2) is 28.7 Å². The molecule has 1 unspecified atom stereocenters. The summed E-state index contributed by atoms with van der Waals surface area (Å²) in [4.78, 5) is 0. The zero-order valence-corrected chi connectivity index (χ0v) is 9.05. The Hall–Kier alpha value is -0.480. The molecule has 0 saturated carbocycles. The Morgan fingerprint density at radius 1 is 1.21 bits per heavy atom. The van der Waals surface area contributed by atoms with Gasteiger partial charge in [-0.2, -0.15) is 0 Å². The molecule has 0 aliphatic carbocycles. The van der Waals surface area contributed by atoms with E-state index in [-0.39, 0.29) is 6.42 Å². The fraction of sp³-hybridized carbons (Fsp3) is 0.400. The minimum atomic E-state index is -2.65. The minimum absolute atomic E-state index is 0.0965. The highest BCUT2D eigenvalue weighted by Crippen LogP contribution is 2.14. The Morgan fingerprint density at radius 3 is 2.29 bits per heavy atom. The van der Waals surface area contributed by atoms with Crippen LogP contribution < -0.4 is 0 Å². The van der Waals surface area contributed by atoms with Crippen molar-refractivity contribution in [2.24, 2.45) is 0 Å². The van der Waals surface area contributed by atoms with Crippen molar-refractivity contribution < 1.29 is 13.9 Å². The zero-order chi connectivity index (χ0) is 10.6. The molecule has 0 spiro atoms. The van der Waals surface area contributed by atoms with Gasteiger partial charge in [-0.1, -0.05) is 28.1 Å². The summed E-state index contributed by atoms with van der Waals surface area (Å²) < 4.78 is 24.8. The second-order valence-corrected chi connectivity index (χ2v) is 3.98. The lowest BCUT2D eigenvalue weighted by Gasteiger charge is -2.08. The third kappa shape index (κ3) is 3.72. The quantitative estimate of drug-likeness (QED) is 0.887. The van der Waals surface area contributed by atoms with Crippen LogP contribution in [0.25, 0.3) is 0 Å². The van der Waals surface area contributed by atoms with Crippen LogP contribution in [0.2, 0.25) is 0 Å². The molecular weight excluding hydrogens is 254 g/mol. The molecule has 1 rings (SSSR count). The van der Waals surface area contributed by atoms with Gasteiger partial charge in [0.1, 0.15) is 6.10 Å². The molecule has 1 atom stereocenters. The van der Waals surface area contributed by atoms with E-state index in [4.69, 9.17) is 5.11 Å². The smallest absolute Gasteiger partial charge is 0.264 e. The second-order valence-electron chi connectivity index (χ2n) is 3.07. The molecule has 14 heavy (non-hydrogen) atoms. The number of aliphatic hydroxyl groups is 1. The molecule has 1 N–H and O–H groups in total. The average molecular weight is 265 g/mol. The number of hydrogen-bond acceptors (Lipinski definition) is 1. The second kappa shape index (κ2) is 5.41. The van der Waals surface area contributed by atoms with E-state index in [1.54, 1.807) is 0 Å². The summed E-state index contributed by atoms with van der Waals surface area (Å²) in [6.07, 6.45) is -3.60. The molecule has 1 aromatic carbocycles. The highest BCUT2D eigenvalue weighted by Gasteiger charge is 2.15. The van der Waals surface area contributed by atoms with Crippen molar-refractivity contribution in [2.75, 3.05) is 0 Å². The Morgan fingerprint density at radius 2 is 1.79 bits per heavy atom. The first-order chi connectivity index (χ1) is 6.59. The summed E-state index contributed by atoms with van der Waals surface area (Å²) in [7, 11) is 0. The van der Waals surface area contributed by atoms with E-state index >= 15 is 0 Å². The highest BCUT2D eigenvalue weighted by molar-refractivity contribution is 9.10. The van der Waals surface area contributed by atoms with E-state index in [0.717, 1.165) is 10.0 Å². The summed E-state index contributed by atoms with van der Waals surface area (Å²) >= 11 is 3.28. The van der Waals surface area contributed by atoms with Crippen molar-refractivity contribution in [1.29, 1.82) is 0 Å². The first-order valence-electron chi connectivity index (χ1n) is 4.30. The molecule has 1 aromatic rings. The van der Waals surface area contributed by atoms with Gasteiger partial charge >= 0.3 is 0 Å². The van der Waals surface area contributed by atoms with Crippen molar-refractivity contribution in [2.45, 2.75) is 25.4 Å². The number of benzene rings is 1.